The van der Waals surface area contributed by atoms with Crippen LogP contribution in [0.4, 0.5) is 24.0 Å². The molecule has 2 aromatic carbocycles. The van der Waals surface area contributed by atoms with Crippen LogP contribution in [-0.4, -0.2) is 29.2 Å². The molecule has 1 aliphatic rings. The first kappa shape index (κ1) is 19.7. The van der Waals surface area contributed by atoms with Crippen LogP contribution >= 0.6 is 11.3 Å². The monoisotopic (exact) mass is 419 g/mol. The van der Waals surface area contributed by atoms with Crippen molar-refractivity contribution >= 4 is 22.2 Å². The summed E-state index contributed by atoms with van der Waals surface area (Å²) in [5.41, 5.74) is 3.04. The molecule has 8 heteroatoms. The minimum absolute atomic E-state index is 0.00239. The minimum atomic E-state index is -4.42. The first-order chi connectivity index (χ1) is 13.9. The van der Waals surface area contributed by atoms with Crippen LogP contribution in [0, 0.1) is 0 Å². The number of hydrogen-bond donors (Lipinski definition) is 2. The SMILES string of the molecule is OCc1cc(-c2ccccc2)ccc1N1CC[C@H](Nc2nc(C(F)(F)F)cs2)C1. The van der Waals surface area contributed by atoms with E-state index in [1.807, 2.05) is 48.5 Å². The number of aromatic nitrogens is 1. The molecule has 0 amide bonds. The number of aliphatic hydroxyl groups excluding tert-OH is 1. The van der Waals surface area contributed by atoms with Crippen molar-refractivity contribution in [2.24, 2.45) is 0 Å². The second kappa shape index (κ2) is 8.04. The molecule has 1 fully saturated rings. The average Bonchev–Trinajstić information content (AvgIpc) is 3.38. The number of benzene rings is 2. The third-order valence-electron chi connectivity index (χ3n) is 5.01. The van der Waals surface area contributed by atoms with Gasteiger partial charge in [-0.25, -0.2) is 4.98 Å². The Hall–Kier alpha value is -2.58. The van der Waals surface area contributed by atoms with Gasteiger partial charge in [-0.1, -0.05) is 36.4 Å². The van der Waals surface area contributed by atoms with E-state index in [-0.39, 0.29) is 17.8 Å². The van der Waals surface area contributed by atoms with Crippen LogP contribution in [0.1, 0.15) is 17.7 Å². The number of nitrogens with one attached hydrogen (secondary N) is 1. The number of rotatable bonds is 5. The lowest BCUT2D eigenvalue weighted by molar-refractivity contribution is -0.140. The summed E-state index contributed by atoms with van der Waals surface area (Å²) in [5, 5.41) is 14.3. The van der Waals surface area contributed by atoms with Crippen LogP contribution in [0.2, 0.25) is 0 Å². The van der Waals surface area contributed by atoms with Crippen molar-refractivity contribution < 1.29 is 18.3 Å². The number of anilines is 2. The fourth-order valence-corrected chi connectivity index (χ4v) is 4.37. The summed E-state index contributed by atoms with van der Waals surface area (Å²) in [6.07, 6.45) is -3.64. The normalized spacial score (nSPS) is 17.0. The minimum Gasteiger partial charge on any atom is -0.392 e. The Morgan fingerprint density at radius 1 is 1.14 bits per heavy atom. The fourth-order valence-electron chi connectivity index (χ4n) is 3.57. The van der Waals surface area contributed by atoms with Gasteiger partial charge in [-0.2, -0.15) is 13.2 Å². The van der Waals surface area contributed by atoms with Gasteiger partial charge in [0.2, 0.25) is 0 Å². The van der Waals surface area contributed by atoms with Crippen molar-refractivity contribution in [2.45, 2.75) is 25.2 Å². The molecular formula is C21H20F3N3OS. The van der Waals surface area contributed by atoms with E-state index >= 15 is 0 Å². The summed E-state index contributed by atoms with van der Waals surface area (Å²) >= 11 is 0.967. The second-order valence-corrected chi connectivity index (χ2v) is 7.84. The second-order valence-electron chi connectivity index (χ2n) is 6.98. The van der Waals surface area contributed by atoms with Crippen LogP contribution in [0.25, 0.3) is 11.1 Å². The van der Waals surface area contributed by atoms with Crippen molar-refractivity contribution in [3.63, 3.8) is 0 Å². The van der Waals surface area contributed by atoms with Gasteiger partial charge in [0.25, 0.3) is 0 Å². The van der Waals surface area contributed by atoms with Gasteiger partial charge in [0, 0.05) is 35.8 Å². The van der Waals surface area contributed by atoms with Gasteiger partial charge in [-0.15, -0.1) is 11.3 Å². The molecule has 0 radical (unpaired) electrons. The van der Waals surface area contributed by atoms with E-state index in [1.165, 1.54) is 0 Å². The predicted molar refractivity (Wildman–Crippen MR) is 109 cm³/mol. The van der Waals surface area contributed by atoms with E-state index in [9.17, 15) is 18.3 Å². The molecule has 1 atom stereocenters. The highest BCUT2D eigenvalue weighted by atomic mass is 32.1. The molecule has 0 spiro atoms. The summed E-state index contributed by atoms with van der Waals surface area (Å²) in [6, 6.07) is 16.0. The number of halogens is 3. The van der Waals surface area contributed by atoms with E-state index in [4.69, 9.17) is 0 Å². The Morgan fingerprint density at radius 2 is 1.93 bits per heavy atom. The summed E-state index contributed by atoms with van der Waals surface area (Å²) in [5.74, 6) is 0. The molecule has 2 N–H and O–H groups in total. The van der Waals surface area contributed by atoms with Crippen LogP contribution in [0.5, 0.6) is 0 Å². The van der Waals surface area contributed by atoms with Crippen molar-refractivity contribution in [2.75, 3.05) is 23.3 Å². The Kier molecular flexibility index (Phi) is 5.47. The van der Waals surface area contributed by atoms with Gasteiger partial charge < -0.3 is 15.3 Å². The van der Waals surface area contributed by atoms with Crippen LogP contribution in [-0.2, 0) is 12.8 Å². The molecule has 0 aliphatic carbocycles. The molecule has 152 valence electrons. The number of hydrogen-bond acceptors (Lipinski definition) is 5. The summed E-state index contributed by atoms with van der Waals surface area (Å²) in [7, 11) is 0. The van der Waals surface area contributed by atoms with Crippen LogP contribution < -0.4 is 10.2 Å². The fraction of sp³-hybridized carbons (Fsp3) is 0.286. The molecule has 3 aromatic rings. The Labute approximate surface area is 170 Å². The molecule has 1 saturated heterocycles. The van der Waals surface area contributed by atoms with E-state index in [0.717, 1.165) is 52.1 Å². The van der Waals surface area contributed by atoms with Gasteiger partial charge in [0.05, 0.1) is 6.61 Å². The highest BCUT2D eigenvalue weighted by molar-refractivity contribution is 7.13. The van der Waals surface area contributed by atoms with Crippen molar-refractivity contribution in [1.29, 1.82) is 0 Å². The lowest BCUT2D eigenvalue weighted by Gasteiger charge is -2.22. The predicted octanol–water partition coefficient (Wildman–Crippen LogP) is 5.01. The topological polar surface area (TPSA) is 48.4 Å². The highest BCUT2D eigenvalue weighted by Crippen LogP contribution is 2.33. The van der Waals surface area contributed by atoms with Gasteiger partial charge in [0.15, 0.2) is 10.8 Å². The van der Waals surface area contributed by atoms with E-state index in [1.54, 1.807) is 0 Å². The molecule has 29 heavy (non-hydrogen) atoms. The molecule has 4 nitrogen and oxygen atoms in total. The maximum atomic E-state index is 12.7. The van der Waals surface area contributed by atoms with Crippen molar-refractivity contribution in [1.82, 2.24) is 4.98 Å². The van der Waals surface area contributed by atoms with Gasteiger partial charge >= 0.3 is 6.18 Å². The number of nitrogens with zero attached hydrogens (tertiary/aromatic N) is 2. The van der Waals surface area contributed by atoms with Gasteiger partial charge in [-0.3, -0.25) is 0 Å². The van der Waals surface area contributed by atoms with Crippen molar-refractivity contribution in [3.05, 3.63) is 65.2 Å². The quantitative estimate of drug-likeness (QED) is 0.610. The zero-order valence-corrected chi connectivity index (χ0v) is 16.3. The van der Waals surface area contributed by atoms with E-state index in [0.29, 0.717) is 6.54 Å². The summed E-state index contributed by atoms with van der Waals surface area (Å²) < 4.78 is 38.2. The lowest BCUT2D eigenvalue weighted by atomic mass is 10.0. The van der Waals surface area contributed by atoms with Gasteiger partial charge in [0.1, 0.15) is 0 Å². The molecule has 0 unspecified atom stereocenters. The summed E-state index contributed by atoms with van der Waals surface area (Å²) in [4.78, 5) is 5.79. The zero-order valence-electron chi connectivity index (χ0n) is 15.5. The maximum Gasteiger partial charge on any atom is 0.434 e. The average molecular weight is 419 g/mol. The molecule has 2 heterocycles. The number of thiazole rings is 1. The standard InChI is InChI=1S/C21H20F3N3OS/c22-21(23,24)19-13-29-20(26-19)25-17-8-9-27(11-17)18-7-6-15(10-16(18)12-28)14-4-2-1-3-5-14/h1-7,10,13,17,28H,8-9,11-12H2,(H,25,26)/t17-/m0/s1. The Morgan fingerprint density at radius 3 is 2.62 bits per heavy atom. The van der Waals surface area contributed by atoms with E-state index < -0.39 is 11.9 Å². The van der Waals surface area contributed by atoms with Gasteiger partial charge in [-0.05, 0) is 29.7 Å². The smallest absolute Gasteiger partial charge is 0.392 e. The largest absolute Gasteiger partial charge is 0.434 e. The molecular weight excluding hydrogens is 399 g/mol. The molecule has 1 aromatic heterocycles. The number of aliphatic hydroxyl groups is 1. The Balaban J connectivity index is 1.46. The summed E-state index contributed by atoms with van der Waals surface area (Å²) in [6.45, 7) is 1.32. The Bertz CT molecular complexity index is 975. The third-order valence-corrected chi connectivity index (χ3v) is 5.78. The molecule has 0 bridgehead atoms. The molecule has 4 rings (SSSR count). The maximum absolute atomic E-state index is 12.7. The first-order valence-corrected chi connectivity index (χ1v) is 10.2. The third kappa shape index (κ3) is 4.38. The number of alkyl halides is 3. The van der Waals surface area contributed by atoms with Crippen molar-refractivity contribution in [3.8, 4) is 11.1 Å². The first-order valence-electron chi connectivity index (χ1n) is 9.27. The van der Waals surface area contributed by atoms with Crippen LogP contribution in [0.15, 0.2) is 53.9 Å². The highest BCUT2D eigenvalue weighted by Gasteiger charge is 2.34. The molecule has 1 aliphatic heterocycles. The lowest BCUT2D eigenvalue weighted by Crippen LogP contribution is -2.26. The zero-order chi connectivity index (χ0) is 20.4. The van der Waals surface area contributed by atoms with E-state index in [2.05, 4.69) is 15.2 Å². The molecule has 0 saturated carbocycles. The van der Waals surface area contributed by atoms with Crippen LogP contribution in [0.3, 0.4) is 0 Å².